The molecular formula is C102H104N12O17S8. The van der Waals surface area contributed by atoms with Crippen LogP contribution in [0.5, 0.6) is 46.0 Å². The second-order valence-electron chi connectivity index (χ2n) is 34.9. The smallest absolute Gasteiger partial charge is 0.264 e. The molecule has 0 spiro atoms. The predicted octanol–water partition coefficient (Wildman–Crippen LogP) is 20.4. The molecule has 5 atom stereocenters. The number of thiophene rings is 8. The average Bonchev–Trinajstić information content (AvgIpc) is 1.61. The van der Waals surface area contributed by atoms with Gasteiger partial charge in [-0.05, 0) is 157 Å². The zero-order valence-corrected chi connectivity index (χ0v) is 86.1. The second-order valence-corrected chi connectivity index (χ2v) is 44.1. The summed E-state index contributed by atoms with van der Waals surface area (Å²) < 4.78 is 53.9. The molecule has 4 saturated heterocycles. The number of aliphatic hydroxyl groups is 1. The van der Waals surface area contributed by atoms with Crippen LogP contribution in [0.1, 0.15) is 132 Å². The molecule has 0 bridgehead atoms. The summed E-state index contributed by atoms with van der Waals surface area (Å²) in [7, 11) is 20.7. The van der Waals surface area contributed by atoms with Crippen LogP contribution < -0.4 is 18.9 Å². The molecule has 4 aromatic carbocycles. The van der Waals surface area contributed by atoms with Gasteiger partial charge in [-0.15, -0.1) is 90.7 Å². The zero-order chi connectivity index (χ0) is 98.2. The van der Waals surface area contributed by atoms with Gasteiger partial charge < -0.3 is 82.2 Å². The maximum absolute atomic E-state index is 13.2. The fraction of sp³-hybridized carbons (Fsp3) is 0.333. The van der Waals surface area contributed by atoms with E-state index in [-0.39, 0.29) is 84.3 Å². The highest BCUT2D eigenvalue weighted by Gasteiger charge is 2.39. The molecule has 0 unspecified atom stereocenters. The van der Waals surface area contributed by atoms with Gasteiger partial charge in [-0.3, -0.25) is 58.3 Å². The lowest BCUT2D eigenvalue weighted by atomic mass is 10.1. The van der Waals surface area contributed by atoms with Gasteiger partial charge >= 0.3 is 0 Å². The summed E-state index contributed by atoms with van der Waals surface area (Å²) in [6.07, 6.45) is 11.1. The van der Waals surface area contributed by atoms with Gasteiger partial charge in [0.05, 0.1) is 114 Å². The van der Waals surface area contributed by atoms with Gasteiger partial charge in [0.2, 0.25) is 0 Å². The number of aliphatic hydroxyl groups excluding tert-OH is 1. The van der Waals surface area contributed by atoms with Gasteiger partial charge in [0, 0.05) is 233 Å². The van der Waals surface area contributed by atoms with E-state index in [0.717, 1.165) is 151 Å². The molecule has 12 aromatic heterocycles. The Morgan fingerprint density at radius 2 is 0.662 bits per heavy atom. The third-order valence-corrected chi connectivity index (χ3v) is 33.6. The van der Waals surface area contributed by atoms with Gasteiger partial charge in [-0.2, -0.15) is 0 Å². The molecule has 29 nitrogen and oxygen atoms in total. The minimum Gasteiger partial charge on any atom is -0.456 e. The van der Waals surface area contributed by atoms with Crippen LogP contribution in [0.15, 0.2) is 146 Å². The first-order valence-corrected chi connectivity index (χ1v) is 51.6. The van der Waals surface area contributed by atoms with Crippen LogP contribution in [0, 0.1) is 27.7 Å². The van der Waals surface area contributed by atoms with Crippen LogP contribution in [-0.4, -0.2) is 279 Å². The summed E-state index contributed by atoms with van der Waals surface area (Å²) in [5, 5.41) is 13.3. The van der Waals surface area contributed by atoms with Crippen LogP contribution in [-0.2, 0) is 18.9 Å². The van der Waals surface area contributed by atoms with E-state index in [2.05, 4.69) is 19.9 Å². The molecule has 0 aliphatic carbocycles. The van der Waals surface area contributed by atoms with E-state index < -0.39 is 0 Å². The number of nitrogens with zero attached hydrogens (tertiary/aromatic N) is 12. The van der Waals surface area contributed by atoms with Crippen LogP contribution in [0.2, 0.25) is 0 Å². The summed E-state index contributed by atoms with van der Waals surface area (Å²) >= 11 is 11.8. The highest BCUT2D eigenvalue weighted by Crippen LogP contribution is 2.46. The Hall–Kier alpha value is -12.1. The molecule has 0 radical (unpaired) electrons. The molecule has 4 aliphatic rings. The number of amides is 8. The predicted molar refractivity (Wildman–Crippen MR) is 553 cm³/mol. The summed E-state index contributed by atoms with van der Waals surface area (Å²) in [4.78, 5) is 141. The number of fused-ring (bicyclic) bond motifs is 8. The number of aromatic nitrogens is 4. The van der Waals surface area contributed by atoms with Crippen molar-refractivity contribution >= 4 is 219 Å². The van der Waals surface area contributed by atoms with E-state index in [0.29, 0.717) is 116 Å². The van der Waals surface area contributed by atoms with Gasteiger partial charge in [0.25, 0.3) is 47.3 Å². The molecule has 37 heteroatoms. The number of ether oxygens (including phenoxy) is 8. The number of rotatable bonds is 22. The minimum atomic E-state index is -0.144. The van der Waals surface area contributed by atoms with Gasteiger partial charge in [0.1, 0.15) is 58.2 Å². The van der Waals surface area contributed by atoms with Gasteiger partial charge in [-0.25, -0.2) is 0 Å². The van der Waals surface area contributed by atoms with E-state index >= 15 is 0 Å². The van der Waals surface area contributed by atoms with E-state index in [1.54, 1.807) is 203 Å². The maximum Gasteiger partial charge on any atom is 0.264 e. The van der Waals surface area contributed by atoms with Crippen molar-refractivity contribution < 1.29 is 81.4 Å². The van der Waals surface area contributed by atoms with E-state index in [1.807, 2.05) is 141 Å². The van der Waals surface area contributed by atoms with E-state index in [9.17, 15) is 43.5 Å². The van der Waals surface area contributed by atoms with Crippen molar-refractivity contribution in [2.45, 2.75) is 90.2 Å². The Balaban J connectivity index is 0.000000128. The monoisotopic (exact) mass is 2020 g/mol. The summed E-state index contributed by atoms with van der Waals surface area (Å²) in [5.74, 6) is 5.11. The Labute approximate surface area is 834 Å². The van der Waals surface area contributed by atoms with E-state index in [4.69, 9.17) is 37.9 Å². The number of likely N-dealkylation sites (tertiary alicyclic amines) is 4. The molecule has 16 heterocycles. The Kier molecular flexibility index (Phi) is 29.9. The molecule has 20 rings (SSSR count). The third kappa shape index (κ3) is 20.4. The first-order chi connectivity index (χ1) is 66.9. The fourth-order valence-electron chi connectivity index (χ4n) is 17.7. The third-order valence-electron chi connectivity index (χ3n) is 24.8. The van der Waals surface area contributed by atoms with Crippen LogP contribution in [0.4, 0.5) is 0 Å². The van der Waals surface area contributed by atoms with Crippen molar-refractivity contribution in [1.29, 1.82) is 0 Å². The number of benzene rings is 4. The largest absolute Gasteiger partial charge is 0.456 e. The second kappa shape index (κ2) is 42.1. The summed E-state index contributed by atoms with van der Waals surface area (Å²) in [6, 6.07) is 37.6. The summed E-state index contributed by atoms with van der Waals surface area (Å²) in [5.41, 5.74) is 5.83. The SMILES string of the molecule is COC[C@@H]1CCCN1C(=O)c1cc2nccc(Oc3ccc4c(C(=O)N(C)C)c(C)sc4c3)c2s1.CO[C@@H]1CCN(C(=O)c2cc3nccc(Oc4ccc5c(C(=O)N(C)C)c(C)sc5c4)c3s2)C1.CO[C@H]1CN(C(=O)c2cc3nccc(Oc4ccc5c(C(=O)N(C)C)c(C)sc5c4)c3s2)C[C@H]1OC.Cc1sc2cc(Oc3ccnc4cc(C(=O)N5CCC[C@H]5CO)sc34)ccc2c1C(=O)N(C)C. The van der Waals surface area contributed by atoms with Crippen molar-refractivity contribution in [3.05, 3.63) is 207 Å². The normalized spacial score (nSPS) is 16.3. The first kappa shape index (κ1) is 98.5. The molecule has 16 aromatic rings. The number of hydrogen-bond donors (Lipinski definition) is 1. The van der Waals surface area contributed by atoms with Crippen molar-refractivity contribution in [3.63, 3.8) is 0 Å². The average molecular weight is 2030 g/mol. The molecule has 4 fully saturated rings. The van der Waals surface area contributed by atoms with Crippen LogP contribution in [0.3, 0.4) is 0 Å². The number of hydrogen-bond acceptors (Lipinski definition) is 29. The zero-order valence-electron chi connectivity index (χ0n) is 79.5. The molecule has 4 aliphatic heterocycles. The standard InChI is InChI=1S/C26H27N3O5S2.C26H27N3O4S2.2C25H25N3O4S2/c1-14-23(26(31)28(2)3)16-7-6-15(10-21(16)35-14)34-18-8-9-27-17-11-22(36-24(17)18)25(30)29-12-19(32-4)20(13-29)33-5;1-15-23(26(31)28(2)3)18-8-7-17(12-21(18)34-15)33-20-9-10-27-19-13-22(35-24(19)20)25(30)29-11-5-6-16(29)14-32-4;1-14-22(25(30)27(2)3)17-6-5-15(11-20(17)33-14)32-19-7-9-26-18-12-21(34-23(18)19)24(29)28-10-8-16(13-28)31-4;1-14-22(25(31)27(2)3)17-7-6-16(11-20(17)33-14)32-19-8-9-26-18-12-21(34-23(18)19)24(30)28-10-4-5-15(28)13-29/h6-11,19-20H,12-13H2,1-5H3;7-10,12-13,16H,5-6,11,14H2,1-4H3;5-7,9,11-12,16H,8,10,13H2,1-4H3;6-9,11-12,15,29H,4-5,10,13H2,1-3H3/t19-,20+;2*16-;15-/m.010/s1. The molecule has 1 N–H and O–H groups in total. The molecular weight excluding hydrogens is 1920 g/mol. The Bertz CT molecular complexity index is 7420. The van der Waals surface area contributed by atoms with Crippen LogP contribution >= 0.6 is 90.7 Å². The lowest BCUT2D eigenvalue weighted by Gasteiger charge is -2.23. The Morgan fingerprint density at radius 1 is 0.360 bits per heavy atom. The molecule has 139 heavy (non-hydrogen) atoms. The first-order valence-electron chi connectivity index (χ1n) is 45.0. The van der Waals surface area contributed by atoms with Crippen molar-refractivity contribution in [3.8, 4) is 46.0 Å². The molecule has 0 saturated carbocycles. The topological polar surface area (TPSA) is 308 Å². The number of carbonyl (C=O) groups excluding carboxylic acids is 8. The maximum atomic E-state index is 13.2. The summed E-state index contributed by atoms with van der Waals surface area (Å²) in [6.45, 7) is 12.1. The number of methoxy groups -OCH3 is 4. The van der Waals surface area contributed by atoms with E-state index in [1.165, 1.54) is 45.3 Å². The minimum absolute atomic E-state index is 0.000201. The number of pyridine rings is 4. The highest BCUT2D eigenvalue weighted by atomic mass is 32.1. The van der Waals surface area contributed by atoms with Gasteiger partial charge in [-0.1, -0.05) is 0 Å². The van der Waals surface area contributed by atoms with Crippen molar-refractivity contribution in [2.24, 2.45) is 0 Å². The number of aryl methyl sites for hydroxylation is 4. The van der Waals surface area contributed by atoms with Crippen molar-refractivity contribution in [2.75, 3.05) is 137 Å². The lowest BCUT2D eigenvalue weighted by Crippen LogP contribution is -2.37. The molecule has 722 valence electrons. The lowest BCUT2D eigenvalue weighted by molar-refractivity contribution is -0.00461. The fourth-order valence-corrected chi connectivity index (χ4v) is 26.2. The Morgan fingerprint density at radius 3 is 0.950 bits per heavy atom. The number of carbonyl (C=O) groups is 8. The highest BCUT2D eigenvalue weighted by molar-refractivity contribution is 7.23. The van der Waals surface area contributed by atoms with Gasteiger partial charge in [0.15, 0.2) is 0 Å². The van der Waals surface area contributed by atoms with Crippen molar-refractivity contribution in [1.82, 2.24) is 59.1 Å². The van der Waals surface area contributed by atoms with Crippen LogP contribution in [0.25, 0.3) is 81.2 Å². The quantitative estimate of drug-likeness (QED) is 0.0659. The molecule has 8 amide bonds.